The van der Waals surface area contributed by atoms with Crippen LogP contribution in [0.4, 0.5) is 4.39 Å². The summed E-state index contributed by atoms with van der Waals surface area (Å²) in [5.41, 5.74) is 0.581. The molecule has 1 aromatic heterocycles. The Morgan fingerprint density at radius 2 is 1.93 bits per heavy atom. The Labute approximate surface area is 155 Å². The van der Waals surface area contributed by atoms with Crippen LogP contribution in [0.1, 0.15) is 18.9 Å². The summed E-state index contributed by atoms with van der Waals surface area (Å²) in [4.78, 5) is 29.5. The molecule has 150 valence electrons. The molecule has 0 radical (unpaired) electrons. The quantitative estimate of drug-likeness (QED) is 0.355. The molecule has 9 nitrogen and oxygen atoms in total. The Morgan fingerprint density at radius 1 is 1.22 bits per heavy atom. The van der Waals surface area contributed by atoms with Gasteiger partial charge in [-0.15, -0.1) is 0 Å². The molecule has 0 aromatic carbocycles. The number of piperidine rings is 1. The molecule has 0 saturated carbocycles. The van der Waals surface area contributed by atoms with Crippen molar-refractivity contribution in [2.75, 3.05) is 13.2 Å². The van der Waals surface area contributed by atoms with Crippen molar-refractivity contribution in [1.82, 2.24) is 15.2 Å². The molecular weight excluding hydrogens is 361 g/mol. The van der Waals surface area contributed by atoms with E-state index in [0.717, 1.165) is 11.0 Å². The molecule has 1 fully saturated rings. The van der Waals surface area contributed by atoms with Crippen LogP contribution in [0.15, 0.2) is 18.3 Å². The van der Waals surface area contributed by atoms with Gasteiger partial charge in [-0.05, 0) is 25.0 Å². The number of pyridine rings is 1. The lowest BCUT2D eigenvalue weighted by molar-refractivity contribution is -0.187. The van der Waals surface area contributed by atoms with E-state index >= 15 is 0 Å². The molecule has 1 saturated heterocycles. The van der Waals surface area contributed by atoms with Crippen molar-refractivity contribution in [3.63, 3.8) is 0 Å². The molecule has 1 aromatic rings. The number of aromatic nitrogens is 1. The number of amides is 2. The fraction of sp³-hybridized carbons (Fsp3) is 0.588. The van der Waals surface area contributed by atoms with Crippen LogP contribution >= 0.6 is 0 Å². The number of carbonyl (C=O) groups is 2. The van der Waals surface area contributed by atoms with Crippen molar-refractivity contribution in [3.05, 3.63) is 29.8 Å². The predicted octanol–water partition coefficient (Wildman–Crippen LogP) is -2.06. The Morgan fingerprint density at radius 3 is 2.48 bits per heavy atom. The van der Waals surface area contributed by atoms with Gasteiger partial charge in [0.2, 0.25) is 17.8 Å². The number of rotatable bonds is 6. The van der Waals surface area contributed by atoms with Gasteiger partial charge in [-0.2, -0.15) is 4.39 Å². The molecule has 2 heterocycles. The molecule has 0 bridgehead atoms. The summed E-state index contributed by atoms with van der Waals surface area (Å²) in [6.07, 6.45) is -3.71. The largest absolute Gasteiger partial charge is 0.394 e. The zero-order valence-electron chi connectivity index (χ0n) is 14.8. The van der Waals surface area contributed by atoms with E-state index in [9.17, 15) is 34.4 Å². The highest BCUT2D eigenvalue weighted by Crippen LogP contribution is 2.26. The van der Waals surface area contributed by atoms with Gasteiger partial charge in [-0.25, -0.2) is 4.98 Å². The SMILES string of the molecule is CCNC(=O)C1C(O)C(O)C(O)C(CO)N1C(=O)CCc1ccc(F)nc1. The Kier molecular flexibility index (Phi) is 7.19. The second-order valence-corrected chi connectivity index (χ2v) is 6.35. The second-order valence-electron chi connectivity index (χ2n) is 6.35. The first-order valence-corrected chi connectivity index (χ1v) is 8.66. The zero-order valence-corrected chi connectivity index (χ0v) is 14.8. The highest BCUT2D eigenvalue weighted by Gasteiger charge is 2.51. The Balaban J connectivity index is 2.23. The minimum Gasteiger partial charge on any atom is -0.394 e. The molecular formula is C17H24FN3O6. The number of aliphatic hydroxyl groups is 4. The van der Waals surface area contributed by atoms with E-state index in [-0.39, 0.29) is 19.4 Å². The van der Waals surface area contributed by atoms with Crippen molar-refractivity contribution in [1.29, 1.82) is 0 Å². The van der Waals surface area contributed by atoms with Crippen LogP contribution in [0.3, 0.4) is 0 Å². The smallest absolute Gasteiger partial charge is 0.245 e. The third kappa shape index (κ3) is 4.59. The van der Waals surface area contributed by atoms with Gasteiger partial charge in [0.05, 0.1) is 12.6 Å². The molecule has 1 aliphatic heterocycles. The number of nitrogens with zero attached hydrogens (tertiary/aromatic N) is 2. The van der Waals surface area contributed by atoms with Crippen LogP contribution in [0.2, 0.25) is 0 Å². The van der Waals surface area contributed by atoms with Crippen LogP contribution in [0.5, 0.6) is 0 Å². The summed E-state index contributed by atoms with van der Waals surface area (Å²) in [6, 6.07) is -0.1000. The number of likely N-dealkylation sites (tertiary alicyclic amines) is 1. The Hall–Kier alpha value is -2.14. The van der Waals surface area contributed by atoms with Crippen LogP contribution in [0.25, 0.3) is 0 Å². The third-order valence-corrected chi connectivity index (χ3v) is 4.59. The lowest BCUT2D eigenvalue weighted by Gasteiger charge is -2.47. The van der Waals surface area contributed by atoms with E-state index in [0.29, 0.717) is 5.56 Å². The van der Waals surface area contributed by atoms with Crippen molar-refractivity contribution in [3.8, 4) is 0 Å². The van der Waals surface area contributed by atoms with Gasteiger partial charge in [0.25, 0.3) is 0 Å². The molecule has 2 amide bonds. The molecule has 5 N–H and O–H groups in total. The molecule has 2 rings (SSSR count). The van der Waals surface area contributed by atoms with Gasteiger partial charge in [-0.1, -0.05) is 6.07 Å². The monoisotopic (exact) mass is 385 g/mol. The van der Waals surface area contributed by atoms with Crippen molar-refractivity contribution in [2.45, 2.75) is 50.2 Å². The van der Waals surface area contributed by atoms with Crippen LogP contribution in [0, 0.1) is 5.95 Å². The van der Waals surface area contributed by atoms with E-state index in [1.807, 2.05) is 0 Å². The highest BCUT2D eigenvalue weighted by atomic mass is 19.1. The van der Waals surface area contributed by atoms with Gasteiger partial charge in [-0.3, -0.25) is 9.59 Å². The fourth-order valence-corrected chi connectivity index (χ4v) is 3.18. The number of nitrogens with one attached hydrogen (secondary N) is 1. The Bertz CT molecular complexity index is 659. The summed E-state index contributed by atoms with van der Waals surface area (Å²) in [7, 11) is 0. The van der Waals surface area contributed by atoms with E-state index in [1.165, 1.54) is 12.3 Å². The van der Waals surface area contributed by atoms with Gasteiger partial charge < -0.3 is 30.6 Å². The van der Waals surface area contributed by atoms with E-state index < -0.39 is 54.8 Å². The molecule has 10 heteroatoms. The minimum atomic E-state index is -1.72. The number of aryl methyl sites for hydroxylation is 1. The first-order chi connectivity index (χ1) is 12.8. The summed E-state index contributed by atoms with van der Waals surface area (Å²) >= 11 is 0. The van der Waals surface area contributed by atoms with Gasteiger partial charge >= 0.3 is 0 Å². The average molecular weight is 385 g/mol. The summed E-state index contributed by atoms with van der Waals surface area (Å²) < 4.78 is 12.9. The van der Waals surface area contributed by atoms with Gasteiger partial charge in [0.15, 0.2) is 0 Å². The van der Waals surface area contributed by atoms with Gasteiger partial charge in [0, 0.05) is 19.2 Å². The average Bonchev–Trinajstić information content (AvgIpc) is 2.65. The van der Waals surface area contributed by atoms with Crippen molar-refractivity contribution < 1.29 is 34.4 Å². The standard InChI is InChI=1S/C17H24FN3O6/c1-2-19-17(27)13-15(25)16(26)14(24)10(8-22)21(13)12(23)6-4-9-3-5-11(18)20-7-9/h3,5,7,10,13-16,22,24-26H,2,4,6,8H2,1H3,(H,19,27). The maximum atomic E-state index is 12.9. The van der Waals surface area contributed by atoms with E-state index in [1.54, 1.807) is 6.92 Å². The second kappa shape index (κ2) is 9.18. The normalized spacial score (nSPS) is 28.1. The summed E-state index contributed by atoms with van der Waals surface area (Å²) in [5, 5.41) is 42.4. The van der Waals surface area contributed by atoms with E-state index in [4.69, 9.17) is 0 Å². The zero-order chi connectivity index (χ0) is 20.1. The number of hydrogen-bond donors (Lipinski definition) is 5. The van der Waals surface area contributed by atoms with Crippen LogP contribution in [-0.4, -0.2) is 85.7 Å². The lowest BCUT2D eigenvalue weighted by Crippen LogP contribution is -2.71. The molecule has 0 aliphatic carbocycles. The van der Waals surface area contributed by atoms with Crippen LogP contribution < -0.4 is 5.32 Å². The summed E-state index contributed by atoms with van der Waals surface area (Å²) in [6.45, 7) is 1.17. The van der Waals surface area contributed by atoms with Crippen LogP contribution in [-0.2, 0) is 16.0 Å². The molecule has 1 aliphatic rings. The molecule has 27 heavy (non-hydrogen) atoms. The number of aliphatic hydroxyl groups excluding tert-OH is 4. The lowest BCUT2D eigenvalue weighted by atomic mass is 9.87. The maximum Gasteiger partial charge on any atom is 0.245 e. The van der Waals surface area contributed by atoms with Crippen molar-refractivity contribution >= 4 is 11.8 Å². The van der Waals surface area contributed by atoms with Crippen molar-refractivity contribution in [2.24, 2.45) is 0 Å². The fourth-order valence-electron chi connectivity index (χ4n) is 3.18. The highest BCUT2D eigenvalue weighted by molar-refractivity contribution is 5.89. The topological polar surface area (TPSA) is 143 Å². The summed E-state index contributed by atoms with van der Waals surface area (Å²) in [5.74, 6) is -1.97. The number of hydrogen-bond acceptors (Lipinski definition) is 7. The first kappa shape index (κ1) is 21.2. The van der Waals surface area contributed by atoms with E-state index in [2.05, 4.69) is 10.3 Å². The number of carbonyl (C=O) groups excluding carboxylic acids is 2. The molecule has 5 unspecified atom stereocenters. The number of likely N-dealkylation sites (N-methyl/N-ethyl adjacent to an activating group) is 1. The first-order valence-electron chi connectivity index (χ1n) is 8.66. The maximum absolute atomic E-state index is 12.9. The molecule has 5 atom stereocenters. The number of halogens is 1. The van der Waals surface area contributed by atoms with Gasteiger partial charge in [0.1, 0.15) is 24.4 Å². The predicted molar refractivity (Wildman–Crippen MR) is 90.7 cm³/mol. The third-order valence-electron chi connectivity index (χ3n) is 4.59. The minimum absolute atomic E-state index is 0.130. The molecule has 0 spiro atoms.